The van der Waals surface area contributed by atoms with Crippen LogP contribution in [-0.4, -0.2) is 24.3 Å². The number of aryl methyl sites for hydroxylation is 2. The summed E-state index contributed by atoms with van der Waals surface area (Å²) in [6, 6.07) is 12.6. The summed E-state index contributed by atoms with van der Waals surface area (Å²) in [5.41, 5.74) is 7.35. The van der Waals surface area contributed by atoms with Gasteiger partial charge in [0.2, 0.25) is 0 Å². The third-order valence-electron chi connectivity index (χ3n) is 5.31. The summed E-state index contributed by atoms with van der Waals surface area (Å²) in [6.07, 6.45) is 8.93. The predicted molar refractivity (Wildman–Crippen MR) is 123 cm³/mol. The maximum absolute atomic E-state index is 13.7. The molecule has 1 aromatic carbocycles. The lowest BCUT2D eigenvalue weighted by Crippen LogP contribution is -2.05. The summed E-state index contributed by atoms with van der Waals surface area (Å²) >= 11 is 0. The van der Waals surface area contributed by atoms with Crippen LogP contribution in [0.2, 0.25) is 0 Å². The number of halogens is 1. The molecule has 32 heavy (non-hydrogen) atoms. The Hall–Kier alpha value is -4.13. The van der Waals surface area contributed by atoms with E-state index >= 15 is 0 Å². The van der Waals surface area contributed by atoms with Gasteiger partial charge in [-0.15, -0.1) is 0 Å². The van der Waals surface area contributed by atoms with Gasteiger partial charge in [-0.3, -0.25) is 14.4 Å². The molecule has 7 heteroatoms. The summed E-state index contributed by atoms with van der Waals surface area (Å²) in [6.45, 7) is 4.58. The summed E-state index contributed by atoms with van der Waals surface area (Å²) < 4.78 is 15.6. The van der Waals surface area contributed by atoms with Crippen molar-refractivity contribution in [3.63, 3.8) is 0 Å². The van der Waals surface area contributed by atoms with Crippen LogP contribution in [0.1, 0.15) is 16.8 Å². The highest BCUT2D eigenvalue weighted by Gasteiger charge is 2.11. The number of fused-ring (bicyclic) bond motifs is 1. The van der Waals surface area contributed by atoms with Crippen molar-refractivity contribution in [2.75, 3.05) is 5.32 Å². The number of aromatic nitrogens is 5. The van der Waals surface area contributed by atoms with Crippen molar-refractivity contribution in [3.8, 4) is 22.5 Å². The molecule has 0 fully saturated rings. The first-order chi connectivity index (χ1) is 15.6. The van der Waals surface area contributed by atoms with Crippen LogP contribution in [-0.2, 0) is 6.54 Å². The fraction of sp³-hybridized carbons (Fsp3) is 0.120. The van der Waals surface area contributed by atoms with Crippen molar-refractivity contribution in [1.29, 1.82) is 0 Å². The second kappa shape index (κ2) is 8.19. The zero-order valence-electron chi connectivity index (χ0n) is 17.7. The van der Waals surface area contributed by atoms with Gasteiger partial charge in [0, 0.05) is 48.2 Å². The number of anilines is 1. The molecule has 0 aliphatic rings. The number of pyridine rings is 2. The first-order valence-corrected chi connectivity index (χ1v) is 10.3. The lowest BCUT2D eigenvalue weighted by Gasteiger charge is -2.10. The molecule has 0 amide bonds. The summed E-state index contributed by atoms with van der Waals surface area (Å²) in [4.78, 5) is 17.9. The topological polar surface area (TPSA) is 68.0 Å². The Bertz CT molecular complexity index is 1430. The van der Waals surface area contributed by atoms with Gasteiger partial charge in [0.05, 0.1) is 17.6 Å². The molecular formula is C25H21FN6. The van der Waals surface area contributed by atoms with Crippen molar-refractivity contribution in [2.45, 2.75) is 20.4 Å². The van der Waals surface area contributed by atoms with Gasteiger partial charge >= 0.3 is 0 Å². The Labute approximate surface area is 184 Å². The van der Waals surface area contributed by atoms with Crippen LogP contribution in [0.5, 0.6) is 0 Å². The SMILES string of the molecule is Cc1cc(-c2ncc(CNc3nccn4c(-c5cccc(F)c5)cnc34)cc2C)ccn1. The van der Waals surface area contributed by atoms with Gasteiger partial charge in [-0.25, -0.2) is 14.4 Å². The third-order valence-corrected chi connectivity index (χ3v) is 5.31. The Balaban J connectivity index is 1.39. The summed E-state index contributed by atoms with van der Waals surface area (Å²) in [7, 11) is 0. The van der Waals surface area contributed by atoms with Crippen molar-refractivity contribution in [3.05, 3.63) is 96.1 Å². The van der Waals surface area contributed by atoms with E-state index in [4.69, 9.17) is 0 Å². The number of nitrogens with one attached hydrogen (secondary N) is 1. The number of benzene rings is 1. The zero-order chi connectivity index (χ0) is 22.1. The molecule has 0 atom stereocenters. The molecule has 0 unspecified atom stereocenters. The largest absolute Gasteiger partial charge is 0.363 e. The van der Waals surface area contributed by atoms with Crippen LogP contribution in [0, 0.1) is 19.7 Å². The van der Waals surface area contributed by atoms with E-state index in [0.29, 0.717) is 18.0 Å². The van der Waals surface area contributed by atoms with E-state index in [0.717, 1.165) is 39.3 Å². The normalized spacial score (nSPS) is 11.1. The first-order valence-electron chi connectivity index (χ1n) is 10.3. The molecule has 0 saturated carbocycles. The maximum Gasteiger partial charge on any atom is 0.180 e. The molecule has 6 nitrogen and oxygen atoms in total. The molecule has 0 aliphatic heterocycles. The van der Waals surface area contributed by atoms with Crippen LogP contribution in [0.25, 0.3) is 28.2 Å². The Kier molecular flexibility index (Phi) is 5.07. The first kappa shape index (κ1) is 19.8. The number of hydrogen-bond acceptors (Lipinski definition) is 5. The van der Waals surface area contributed by atoms with E-state index in [1.807, 2.05) is 41.9 Å². The van der Waals surface area contributed by atoms with Crippen molar-refractivity contribution in [1.82, 2.24) is 24.3 Å². The fourth-order valence-electron chi connectivity index (χ4n) is 3.82. The molecule has 1 N–H and O–H groups in total. The van der Waals surface area contributed by atoms with E-state index in [-0.39, 0.29) is 5.82 Å². The van der Waals surface area contributed by atoms with Gasteiger partial charge in [-0.1, -0.05) is 18.2 Å². The van der Waals surface area contributed by atoms with E-state index in [1.54, 1.807) is 24.7 Å². The molecule has 5 aromatic rings. The standard InChI is InChI=1S/C25H21FN6/c1-16-10-18(13-29-23(16)20-6-7-27-17(2)11-20)14-30-24-25-31-15-22(32(25)9-8-28-24)19-4-3-5-21(26)12-19/h3-13,15H,14H2,1-2H3,(H,28,30). The smallest absolute Gasteiger partial charge is 0.180 e. The van der Waals surface area contributed by atoms with Gasteiger partial charge in [0.25, 0.3) is 0 Å². The van der Waals surface area contributed by atoms with Crippen molar-refractivity contribution >= 4 is 11.5 Å². The second-order valence-corrected chi connectivity index (χ2v) is 7.67. The molecular weight excluding hydrogens is 403 g/mol. The van der Waals surface area contributed by atoms with E-state index in [2.05, 4.69) is 38.2 Å². The van der Waals surface area contributed by atoms with Gasteiger partial charge < -0.3 is 5.32 Å². The van der Waals surface area contributed by atoms with Gasteiger partial charge in [0.1, 0.15) is 5.82 Å². The lowest BCUT2D eigenvalue weighted by atomic mass is 10.1. The Morgan fingerprint density at radius 2 is 1.81 bits per heavy atom. The molecule has 0 radical (unpaired) electrons. The maximum atomic E-state index is 13.7. The minimum Gasteiger partial charge on any atom is -0.363 e. The van der Waals surface area contributed by atoms with Gasteiger partial charge in [-0.2, -0.15) is 0 Å². The molecule has 0 saturated heterocycles. The summed E-state index contributed by atoms with van der Waals surface area (Å²) in [5, 5.41) is 3.36. The quantitative estimate of drug-likeness (QED) is 0.419. The highest BCUT2D eigenvalue weighted by atomic mass is 19.1. The van der Waals surface area contributed by atoms with Gasteiger partial charge in [0.15, 0.2) is 11.5 Å². The number of imidazole rings is 1. The van der Waals surface area contributed by atoms with E-state index < -0.39 is 0 Å². The lowest BCUT2D eigenvalue weighted by molar-refractivity contribution is 0.628. The molecule has 158 valence electrons. The summed E-state index contributed by atoms with van der Waals surface area (Å²) in [5.74, 6) is 0.375. The molecule has 0 spiro atoms. The highest BCUT2D eigenvalue weighted by Crippen LogP contribution is 2.25. The second-order valence-electron chi connectivity index (χ2n) is 7.67. The van der Waals surface area contributed by atoms with Gasteiger partial charge in [-0.05, 0) is 49.2 Å². The van der Waals surface area contributed by atoms with Crippen LogP contribution in [0.4, 0.5) is 10.2 Å². The highest BCUT2D eigenvalue weighted by molar-refractivity contribution is 5.70. The monoisotopic (exact) mass is 424 g/mol. The van der Waals surface area contributed by atoms with Crippen LogP contribution in [0.3, 0.4) is 0 Å². The molecule has 5 rings (SSSR count). The van der Waals surface area contributed by atoms with Crippen molar-refractivity contribution in [2.24, 2.45) is 0 Å². The molecule has 0 bridgehead atoms. The minimum atomic E-state index is -0.280. The zero-order valence-corrected chi connectivity index (χ0v) is 17.7. The minimum absolute atomic E-state index is 0.280. The van der Waals surface area contributed by atoms with Crippen molar-refractivity contribution < 1.29 is 4.39 Å². The Morgan fingerprint density at radius 3 is 2.62 bits per heavy atom. The molecule has 4 heterocycles. The average Bonchev–Trinajstić information content (AvgIpc) is 3.22. The average molecular weight is 424 g/mol. The van der Waals surface area contributed by atoms with Crippen LogP contribution >= 0.6 is 0 Å². The fourth-order valence-corrected chi connectivity index (χ4v) is 3.82. The molecule has 0 aliphatic carbocycles. The van der Waals surface area contributed by atoms with E-state index in [9.17, 15) is 4.39 Å². The molecule has 4 aromatic heterocycles. The van der Waals surface area contributed by atoms with E-state index in [1.165, 1.54) is 12.1 Å². The number of nitrogens with zero attached hydrogens (tertiary/aromatic N) is 5. The predicted octanol–water partition coefficient (Wildman–Crippen LogP) is 5.22. The Morgan fingerprint density at radius 1 is 0.906 bits per heavy atom. The van der Waals surface area contributed by atoms with Crippen LogP contribution < -0.4 is 5.32 Å². The van der Waals surface area contributed by atoms with Crippen LogP contribution in [0.15, 0.2) is 73.4 Å². The third kappa shape index (κ3) is 3.80. The number of hydrogen-bond donors (Lipinski definition) is 1. The number of rotatable bonds is 5.